The molecule has 0 spiro atoms. The molecule has 52 heavy (non-hydrogen) atoms. The van der Waals surface area contributed by atoms with Gasteiger partial charge in [0, 0.05) is 85.6 Å². The zero-order chi connectivity index (χ0) is 34.4. The molecule has 0 aliphatic rings. The fourth-order valence-corrected chi connectivity index (χ4v) is 9.91. The van der Waals surface area contributed by atoms with Crippen molar-refractivity contribution in [3.05, 3.63) is 194 Å². The Kier molecular flexibility index (Phi) is 7.56. The van der Waals surface area contributed by atoms with Gasteiger partial charge in [-0.3, -0.25) is 0 Å². The number of rotatable bonds is 7. The van der Waals surface area contributed by atoms with Gasteiger partial charge in [-0.05, 0) is 84.9 Å². The maximum absolute atomic E-state index is 2.43. The Morgan fingerprint density at radius 1 is 0.269 bits per heavy atom. The molecular formula is C48H32N2S2. The minimum absolute atomic E-state index is 1.12. The van der Waals surface area contributed by atoms with Crippen LogP contribution in [-0.4, -0.2) is 0 Å². The van der Waals surface area contributed by atoms with Gasteiger partial charge in [0.25, 0.3) is 0 Å². The summed E-state index contributed by atoms with van der Waals surface area (Å²) in [7, 11) is 0. The number of thiophene rings is 2. The Labute approximate surface area is 310 Å². The van der Waals surface area contributed by atoms with E-state index in [1.165, 1.54) is 51.5 Å². The predicted octanol–water partition coefficient (Wildman–Crippen LogP) is 15.0. The van der Waals surface area contributed by atoms with E-state index in [0.717, 1.165) is 34.1 Å². The van der Waals surface area contributed by atoms with Crippen LogP contribution >= 0.6 is 22.7 Å². The molecule has 0 aliphatic heterocycles. The normalized spacial score (nSPS) is 11.5. The number of benzene rings is 8. The van der Waals surface area contributed by atoms with Crippen LogP contribution in [0, 0.1) is 0 Å². The zero-order valence-corrected chi connectivity index (χ0v) is 29.8. The monoisotopic (exact) mass is 700 g/mol. The fourth-order valence-electron chi connectivity index (χ4n) is 7.48. The molecule has 8 aromatic carbocycles. The molecule has 2 aromatic heterocycles. The lowest BCUT2D eigenvalue weighted by Crippen LogP contribution is -2.10. The first-order chi connectivity index (χ1) is 25.8. The van der Waals surface area contributed by atoms with Crippen molar-refractivity contribution in [1.29, 1.82) is 0 Å². The summed E-state index contributed by atoms with van der Waals surface area (Å²) in [5, 5.41) is 5.11. The third-order valence-electron chi connectivity index (χ3n) is 9.79. The molecule has 10 rings (SSSR count). The summed E-state index contributed by atoms with van der Waals surface area (Å²) in [5.41, 5.74) is 9.24. The van der Waals surface area contributed by atoms with Crippen LogP contribution in [0.1, 0.15) is 0 Å². The number of anilines is 6. The molecule has 0 bridgehead atoms. The van der Waals surface area contributed by atoms with E-state index in [1.807, 2.05) is 22.7 Å². The van der Waals surface area contributed by atoms with Gasteiger partial charge in [0.2, 0.25) is 0 Å². The first kappa shape index (κ1) is 30.6. The van der Waals surface area contributed by atoms with Crippen LogP contribution in [0.4, 0.5) is 34.1 Å². The number of para-hydroxylation sites is 4. The summed E-state index contributed by atoms with van der Waals surface area (Å²) in [4.78, 5) is 4.78. The molecule has 0 radical (unpaired) electrons. The van der Waals surface area contributed by atoms with E-state index in [0.29, 0.717) is 0 Å². The Balaban J connectivity index is 1.32. The first-order valence-electron chi connectivity index (χ1n) is 17.5. The van der Waals surface area contributed by atoms with Gasteiger partial charge in [-0.25, -0.2) is 0 Å². The summed E-state index contributed by atoms with van der Waals surface area (Å²) >= 11 is 3.78. The smallest absolute Gasteiger partial charge is 0.0475 e. The Morgan fingerprint density at radius 2 is 0.577 bits per heavy atom. The van der Waals surface area contributed by atoms with Crippen molar-refractivity contribution in [2.45, 2.75) is 0 Å². The van der Waals surface area contributed by atoms with Crippen molar-refractivity contribution >= 4 is 97.1 Å². The van der Waals surface area contributed by atoms with E-state index in [9.17, 15) is 0 Å². The summed E-state index contributed by atoms with van der Waals surface area (Å²) in [6, 6.07) is 70.2. The first-order valence-corrected chi connectivity index (χ1v) is 19.1. The van der Waals surface area contributed by atoms with Gasteiger partial charge >= 0.3 is 0 Å². The molecule has 2 nitrogen and oxygen atoms in total. The number of nitrogens with zero attached hydrogens (tertiary/aromatic N) is 2. The van der Waals surface area contributed by atoms with E-state index in [4.69, 9.17) is 0 Å². The predicted molar refractivity (Wildman–Crippen MR) is 227 cm³/mol. The zero-order valence-electron chi connectivity index (χ0n) is 28.2. The maximum Gasteiger partial charge on any atom is 0.0475 e. The fraction of sp³-hybridized carbons (Fsp3) is 0. The van der Waals surface area contributed by atoms with E-state index < -0.39 is 0 Å². The highest BCUT2D eigenvalue weighted by atomic mass is 32.1. The van der Waals surface area contributed by atoms with Gasteiger partial charge in [-0.2, -0.15) is 0 Å². The summed E-state index contributed by atoms with van der Waals surface area (Å²) in [5.74, 6) is 0. The molecule has 0 atom stereocenters. The van der Waals surface area contributed by atoms with Gasteiger partial charge in [0.05, 0.1) is 0 Å². The van der Waals surface area contributed by atoms with Crippen LogP contribution in [-0.2, 0) is 0 Å². The second-order valence-corrected chi connectivity index (χ2v) is 15.1. The molecule has 4 heteroatoms. The molecule has 0 fully saturated rings. The van der Waals surface area contributed by atoms with Crippen LogP contribution in [0.5, 0.6) is 0 Å². The lowest BCUT2D eigenvalue weighted by Gasteiger charge is -2.27. The number of hydrogen-bond donors (Lipinski definition) is 0. The highest BCUT2D eigenvalue weighted by Crippen LogP contribution is 2.50. The SMILES string of the molecule is c1ccc(N(c2ccccc2)c2cc(-c3cc(N(c4ccccc4)c4ccccc4)cc4c3sc3ccccc34)c3sc4ccccc4c3c2)cc1. The van der Waals surface area contributed by atoms with E-state index in [1.54, 1.807) is 0 Å². The second-order valence-electron chi connectivity index (χ2n) is 12.9. The van der Waals surface area contributed by atoms with Crippen LogP contribution in [0.3, 0.4) is 0 Å². The summed E-state index contributed by atoms with van der Waals surface area (Å²) in [6.07, 6.45) is 0. The average Bonchev–Trinajstić information content (AvgIpc) is 3.78. The van der Waals surface area contributed by atoms with Crippen molar-refractivity contribution in [2.75, 3.05) is 9.80 Å². The van der Waals surface area contributed by atoms with Crippen molar-refractivity contribution in [3.8, 4) is 11.1 Å². The molecule has 246 valence electrons. The van der Waals surface area contributed by atoms with Gasteiger partial charge in [0.15, 0.2) is 0 Å². The van der Waals surface area contributed by atoms with E-state index >= 15 is 0 Å². The third kappa shape index (κ3) is 5.24. The summed E-state index contributed by atoms with van der Waals surface area (Å²) < 4.78 is 5.18. The molecule has 0 unspecified atom stereocenters. The van der Waals surface area contributed by atoms with Crippen molar-refractivity contribution < 1.29 is 0 Å². The number of hydrogen-bond acceptors (Lipinski definition) is 4. The maximum atomic E-state index is 2.43. The molecule has 10 aromatic rings. The topological polar surface area (TPSA) is 6.48 Å². The standard InChI is InChI=1S/C48H32N2S2/c1-5-17-33(18-6-1)49(34-19-7-2-8-20-34)37-29-41-39-25-13-15-27-45(39)51-47(41)43(31-37)44-32-38(30-42-40-26-14-16-28-46(40)52-48(42)44)50(35-21-9-3-10-22-35)36-23-11-4-12-24-36/h1-32H. The average molecular weight is 701 g/mol. The Hall–Kier alpha value is -6.20. The highest BCUT2D eigenvalue weighted by molar-refractivity contribution is 7.27. The van der Waals surface area contributed by atoms with Gasteiger partial charge < -0.3 is 9.80 Å². The quantitative estimate of drug-likeness (QED) is 0.163. The van der Waals surface area contributed by atoms with E-state index in [2.05, 4.69) is 204 Å². The van der Waals surface area contributed by atoms with Crippen LogP contribution in [0.2, 0.25) is 0 Å². The lowest BCUT2D eigenvalue weighted by molar-refractivity contribution is 1.29. The van der Waals surface area contributed by atoms with Gasteiger partial charge in [0.1, 0.15) is 0 Å². The molecular weight excluding hydrogens is 669 g/mol. The van der Waals surface area contributed by atoms with Crippen molar-refractivity contribution in [3.63, 3.8) is 0 Å². The van der Waals surface area contributed by atoms with Gasteiger partial charge in [-0.15, -0.1) is 22.7 Å². The van der Waals surface area contributed by atoms with Crippen LogP contribution < -0.4 is 9.80 Å². The molecule has 0 N–H and O–H groups in total. The second kappa shape index (κ2) is 12.8. The molecule has 0 aliphatic carbocycles. The van der Waals surface area contributed by atoms with Crippen molar-refractivity contribution in [2.24, 2.45) is 0 Å². The van der Waals surface area contributed by atoms with Crippen LogP contribution in [0.15, 0.2) is 194 Å². The minimum Gasteiger partial charge on any atom is -0.310 e. The summed E-state index contributed by atoms with van der Waals surface area (Å²) in [6.45, 7) is 0. The minimum atomic E-state index is 1.12. The molecule has 0 saturated carbocycles. The van der Waals surface area contributed by atoms with E-state index in [-0.39, 0.29) is 0 Å². The highest BCUT2D eigenvalue weighted by Gasteiger charge is 2.23. The Morgan fingerprint density at radius 3 is 0.923 bits per heavy atom. The van der Waals surface area contributed by atoms with Crippen LogP contribution in [0.25, 0.3) is 51.5 Å². The van der Waals surface area contributed by atoms with Crippen molar-refractivity contribution in [1.82, 2.24) is 0 Å². The molecule has 0 saturated heterocycles. The van der Waals surface area contributed by atoms with Gasteiger partial charge in [-0.1, -0.05) is 109 Å². The molecule has 0 amide bonds. The lowest BCUT2D eigenvalue weighted by atomic mass is 9.97. The molecule has 2 heterocycles. The third-order valence-corrected chi connectivity index (χ3v) is 12.2. The Bertz CT molecular complexity index is 2570. The largest absolute Gasteiger partial charge is 0.310 e. The number of fused-ring (bicyclic) bond motifs is 6.